The minimum atomic E-state index is -0.696. The van der Waals surface area contributed by atoms with Crippen molar-refractivity contribution in [3.63, 3.8) is 0 Å². The van der Waals surface area contributed by atoms with E-state index in [-0.39, 0.29) is 23.7 Å². The summed E-state index contributed by atoms with van der Waals surface area (Å²) in [5.74, 6) is -0.593. The molecule has 1 aliphatic rings. The standard InChI is InChI=1S/C18H15ClN4O5S/c1-28-12-6-7-13(14(8-12)23(26)27)21-16(24)9-15-17(25)22-18(29-15)20-11-4-2-10(19)3-5-11/h2-8,15H,9H2,1H3,(H,21,24)(H,20,22,25). The number of thioether (sulfide) groups is 1. The average molecular weight is 435 g/mol. The lowest BCUT2D eigenvalue weighted by Crippen LogP contribution is -2.28. The van der Waals surface area contributed by atoms with Crippen LogP contribution in [-0.2, 0) is 9.59 Å². The number of rotatable bonds is 6. The monoisotopic (exact) mass is 434 g/mol. The number of ether oxygens (including phenoxy) is 1. The lowest BCUT2D eigenvalue weighted by molar-refractivity contribution is -0.384. The largest absolute Gasteiger partial charge is 0.496 e. The van der Waals surface area contributed by atoms with Crippen LogP contribution in [0, 0.1) is 10.1 Å². The minimum Gasteiger partial charge on any atom is -0.496 e. The maximum atomic E-state index is 12.3. The molecule has 2 N–H and O–H groups in total. The van der Waals surface area contributed by atoms with Crippen molar-refractivity contribution in [1.82, 2.24) is 5.32 Å². The Labute approximate surface area is 174 Å². The van der Waals surface area contributed by atoms with Crippen LogP contribution in [0.4, 0.5) is 17.1 Å². The number of nitrogens with zero attached hydrogens (tertiary/aromatic N) is 2. The van der Waals surface area contributed by atoms with E-state index in [1.807, 2.05) is 0 Å². The highest BCUT2D eigenvalue weighted by Gasteiger charge is 2.32. The fourth-order valence-corrected chi connectivity index (χ4v) is 3.60. The van der Waals surface area contributed by atoms with Crippen LogP contribution in [0.5, 0.6) is 5.75 Å². The van der Waals surface area contributed by atoms with Crippen LogP contribution in [0.1, 0.15) is 6.42 Å². The molecule has 150 valence electrons. The van der Waals surface area contributed by atoms with E-state index in [1.54, 1.807) is 24.3 Å². The van der Waals surface area contributed by atoms with Crippen LogP contribution in [0.25, 0.3) is 0 Å². The van der Waals surface area contributed by atoms with E-state index in [0.29, 0.717) is 21.6 Å². The Morgan fingerprint density at radius 3 is 2.72 bits per heavy atom. The van der Waals surface area contributed by atoms with E-state index in [4.69, 9.17) is 16.3 Å². The summed E-state index contributed by atoms with van der Waals surface area (Å²) in [5, 5.41) is 16.5. The molecule has 3 rings (SSSR count). The smallest absolute Gasteiger partial charge is 0.296 e. The molecule has 1 fully saturated rings. The lowest BCUT2D eigenvalue weighted by atomic mass is 10.2. The average Bonchev–Trinajstić information content (AvgIpc) is 3.02. The molecule has 9 nitrogen and oxygen atoms in total. The molecule has 0 saturated carbocycles. The molecule has 2 amide bonds. The number of methoxy groups -OCH3 is 1. The second kappa shape index (κ2) is 8.93. The van der Waals surface area contributed by atoms with Crippen molar-refractivity contribution < 1.29 is 19.2 Å². The second-order valence-electron chi connectivity index (χ2n) is 5.88. The van der Waals surface area contributed by atoms with Gasteiger partial charge in [0.15, 0.2) is 5.17 Å². The van der Waals surface area contributed by atoms with Gasteiger partial charge in [0.05, 0.1) is 23.8 Å². The van der Waals surface area contributed by atoms with Crippen molar-refractivity contribution >= 4 is 57.4 Å². The molecule has 1 heterocycles. The molecule has 0 spiro atoms. The summed E-state index contributed by atoms with van der Waals surface area (Å²) in [6.07, 6.45) is -0.167. The first kappa shape index (κ1) is 20.6. The molecule has 0 aliphatic carbocycles. The van der Waals surface area contributed by atoms with Gasteiger partial charge in [-0.25, -0.2) is 4.99 Å². The molecule has 0 bridgehead atoms. The highest BCUT2D eigenvalue weighted by molar-refractivity contribution is 8.15. The fourth-order valence-electron chi connectivity index (χ4n) is 2.49. The van der Waals surface area contributed by atoms with Crippen molar-refractivity contribution in [1.29, 1.82) is 0 Å². The Morgan fingerprint density at radius 2 is 2.07 bits per heavy atom. The third-order valence-corrected chi connectivity index (χ3v) is 5.21. The highest BCUT2D eigenvalue weighted by Crippen LogP contribution is 2.30. The van der Waals surface area contributed by atoms with Crippen LogP contribution >= 0.6 is 23.4 Å². The zero-order chi connectivity index (χ0) is 21.0. The van der Waals surface area contributed by atoms with Crippen LogP contribution < -0.4 is 15.4 Å². The Bertz CT molecular complexity index is 996. The molecule has 11 heteroatoms. The van der Waals surface area contributed by atoms with Gasteiger partial charge >= 0.3 is 0 Å². The first-order chi connectivity index (χ1) is 13.9. The summed E-state index contributed by atoms with van der Waals surface area (Å²) < 4.78 is 4.96. The zero-order valence-corrected chi connectivity index (χ0v) is 16.6. The van der Waals surface area contributed by atoms with Crippen LogP contribution in [-0.4, -0.2) is 34.3 Å². The quantitative estimate of drug-likeness (QED) is 0.529. The van der Waals surface area contributed by atoms with Gasteiger partial charge in [-0.15, -0.1) is 0 Å². The van der Waals surface area contributed by atoms with Gasteiger partial charge < -0.3 is 15.4 Å². The molecule has 0 radical (unpaired) electrons. The topological polar surface area (TPSA) is 123 Å². The molecule has 1 saturated heterocycles. The number of aliphatic imine (C=N–C) groups is 1. The van der Waals surface area contributed by atoms with Crippen molar-refractivity contribution in [2.24, 2.45) is 4.99 Å². The molecule has 1 atom stereocenters. The van der Waals surface area contributed by atoms with Gasteiger partial charge in [-0.05, 0) is 36.4 Å². The summed E-state index contributed by atoms with van der Waals surface area (Å²) in [7, 11) is 1.39. The van der Waals surface area contributed by atoms with Gasteiger partial charge in [0.1, 0.15) is 16.7 Å². The number of hydrogen-bond donors (Lipinski definition) is 2. The van der Waals surface area contributed by atoms with Crippen molar-refractivity contribution in [3.8, 4) is 5.75 Å². The predicted octanol–water partition coefficient (Wildman–Crippen LogP) is 3.50. The minimum absolute atomic E-state index is 0.0271. The van der Waals surface area contributed by atoms with Crippen LogP contribution in [0.3, 0.4) is 0 Å². The van der Waals surface area contributed by atoms with Crippen molar-refractivity contribution in [3.05, 3.63) is 57.6 Å². The third-order valence-electron chi connectivity index (χ3n) is 3.88. The maximum absolute atomic E-state index is 12.3. The van der Waals surface area contributed by atoms with Gasteiger partial charge in [0, 0.05) is 11.4 Å². The first-order valence-electron chi connectivity index (χ1n) is 8.30. The van der Waals surface area contributed by atoms with Gasteiger partial charge in [0.2, 0.25) is 11.8 Å². The number of nitrogens with one attached hydrogen (secondary N) is 2. The summed E-state index contributed by atoms with van der Waals surface area (Å²) in [6.45, 7) is 0. The van der Waals surface area contributed by atoms with E-state index in [0.717, 1.165) is 11.8 Å². The van der Waals surface area contributed by atoms with Crippen LogP contribution in [0.15, 0.2) is 47.5 Å². The van der Waals surface area contributed by atoms with E-state index in [2.05, 4.69) is 15.6 Å². The molecular formula is C18H15ClN4O5S. The molecular weight excluding hydrogens is 420 g/mol. The maximum Gasteiger partial charge on any atom is 0.296 e. The number of nitro benzene ring substituents is 1. The molecule has 1 aliphatic heterocycles. The van der Waals surface area contributed by atoms with Gasteiger partial charge in [-0.1, -0.05) is 23.4 Å². The van der Waals surface area contributed by atoms with Gasteiger partial charge in [0.25, 0.3) is 5.69 Å². The molecule has 2 aromatic carbocycles. The third kappa shape index (κ3) is 5.24. The van der Waals surface area contributed by atoms with E-state index in [1.165, 1.54) is 25.3 Å². The number of carbonyl (C=O) groups is 2. The Balaban J connectivity index is 1.66. The van der Waals surface area contributed by atoms with Crippen molar-refractivity contribution in [2.75, 3.05) is 12.4 Å². The second-order valence-corrected chi connectivity index (χ2v) is 7.51. The van der Waals surface area contributed by atoms with Gasteiger partial charge in [-0.3, -0.25) is 19.7 Å². The summed E-state index contributed by atoms with van der Waals surface area (Å²) in [6, 6.07) is 10.8. The number of benzene rings is 2. The number of amides is 2. The van der Waals surface area contributed by atoms with Crippen LogP contribution in [0.2, 0.25) is 5.02 Å². The molecule has 0 aromatic heterocycles. The van der Waals surface area contributed by atoms with E-state index in [9.17, 15) is 19.7 Å². The Hall–Kier alpha value is -3.11. The first-order valence-corrected chi connectivity index (χ1v) is 9.55. The highest BCUT2D eigenvalue weighted by atomic mass is 35.5. The molecule has 29 heavy (non-hydrogen) atoms. The summed E-state index contributed by atoms with van der Waals surface area (Å²) in [5.41, 5.74) is 0.335. The number of carbonyl (C=O) groups excluding carboxylic acids is 2. The SMILES string of the molecule is COc1ccc(NC(=O)CC2SC(=Nc3ccc(Cl)cc3)NC2=O)c([N+](=O)[O-])c1. The number of anilines is 1. The lowest BCUT2D eigenvalue weighted by Gasteiger charge is -2.09. The zero-order valence-electron chi connectivity index (χ0n) is 15.0. The number of amidine groups is 1. The number of halogens is 1. The number of nitro groups is 1. The Kier molecular flexibility index (Phi) is 6.35. The normalized spacial score (nSPS) is 17.1. The molecule has 1 unspecified atom stereocenters. The Morgan fingerprint density at radius 1 is 1.34 bits per heavy atom. The predicted molar refractivity (Wildman–Crippen MR) is 111 cm³/mol. The van der Waals surface area contributed by atoms with Gasteiger partial charge in [-0.2, -0.15) is 0 Å². The molecule has 2 aromatic rings. The summed E-state index contributed by atoms with van der Waals surface area (Å²) >= 11 is 6.94. The fraction of sp³-hybridized carbons (Fsp3) is 0.167. The summed E-state index contributed by atoms with van der Waals surface area (Å²) in [4.78, 5) is 39.4. The number of hydrogen-bond acceptors (Lipinski definition) is 7. The van der Waals surface area contributed by atoms with E-state index < -0.39 is 16.1 Å². The van der Waals surface area contributed by atoms with Crippen molar-refractivity contribution in [2.45, 2.75) is 11.7 Å². The van der Waals surface area contributed by atoms with E-state index >= 15 is 0 Å².